The molecule has 2 nitrogen and oxygen atoms in total. The highest BCUT2D eigenvalue weighted by Gasteiger charge is 2.15. The highest BCUT2D eigenvalue weighted by Crippen LogP contribution is 2.18. The van der Waals surface area contributed by atoms with E-state index in [0.717, 1.165) is 0 Å². The Morgan fingerprint density at radius 2 is 1.93 bits per heavy atom. The van der Waals surface area contributed by atoms with Crippen molar-refractivity contribution in [2.75, 3.05) is 0 Å². The monoisotopic (exact) mass is 189 g/mol. The first-order valence-electron chi connectivity index (χ1n) is 5.08. The lowest BCUT2D eigenvalue weighted by Crippen LogP contribution is -2.34. The highest BCUT2D eigenvalue weighted by molar-refractivity contribution is 5.49. The third-order valence-electron chi connectivity index (χ3n) is 2.84. The Bertz CT molecular complexity index is 466. The lowest BCUT2D eigenvalue weighted by Gasteiger charge is -2.04. The second kappa shape index (κ2) is 3.12. The maximum atomic E-state index is 2.32. The second-order valence-corrected chi connectivity index (χ2v) is 4.15. The molecule has 0 N–H and O–H groups in total. The molecule has 2 aromatic heterocycles. The average molecular weight is 189 g/mol. The molecule has 2 rings (SSSR count). The van der Waals surface area contributed by atoms with Crippen LogP contribution in [0.3, 0.4) is 0 Å². The van der Waals surface area contributed by atoms with Crippen LogP contribution >= 0.6 is 0 Å². The molecule has 0 unspecified atom stereocenters. The summed E-state index contributed by atoms with van der Waals surface area (Å²) in [6.07, 6.45) is 2.11. The molecule has 0 saturated carbocycles. The Morgan fingerprint density at radius 3 is 2.57 bits per heavy atom. The summed E-state index contributed by atoms with van der Waals surface area (Å²) < 4.78 is 4.48. The molecule has 0 fully saturated rings. The van der Waals surface area contributed by atoms with E-state index in [2.05, 4.69) is 61.2 Å². The molecular weight excluding hydrogens is 172 g/mol. The zero-order valence-corrected chi connectivity index (χ0v) is 9.28. The van der Waals surface area contributed by atoms with E-state index in [1.807, 2.05) is 0 Å². The van der Waals surface area contributed by atoms with Gasteiger partial charge in [-0.2, -0.15) is 0 Å². The minimum absolute atomic E-state index is 0.568. The number of nitrogens with zero attached hydrogens (tertiary/aromatic N) is 2. The van der Waals surface area contributed by atoms with Crippen LogP contribution in [0.1, 0.15) is 31.3 Å². The average Bonchev–Trinajstić information content (AvgIpc) is 2.55. The molecule has 2 heterocycles. The number of aromatic nitrogens is 2. The van der Waals surface area contributed by atoms with E-state index in [0.29, 0.717) is 5.92 Å². The molecule has 0 amide bonds. The van der Waals surface area contributed by atoms with E-state index in [1.54, 1.807) is 0 Å². The molecule has 14 heavy (non-hydrogen) atoms. The molecule has 2 aromatic rings. The van der Waals surface area contributed by atoms with Crippen LogP contribution in [0.2, 0.25) is 0 Å². The third kappa shape index (κ3) is 1.22. The summed E-state index contributed by atoms with van der Waals surface area (Å²) in [5, 5.41) is 0. The Labute approximate surface area is 84.8 Å². The van der Waals surface area contributed by atoms with Crippen molar-refractivity contribution in [1.82, 2.24) is 4.40 Å². The van der Waals surface area contributed by atoms with E-state index in [9.17, 15) is 0 Å². The fourth-order valence-corrected chi connectivity index (χ4v) is 1.88. The summed E-state index contributed by atoms with van der Waals surface area (Å²) in [6.45, 7) is 6.61. The molecule has 0 atom stereocenters. The van der Waals surface area contributed by atoms with Gasteiger partial charge in [-0.1, -0.05) is 13.8 Å². The molecule has 0 spiro atoms. The molecule has 74 valence electrons. The summed E-state index contributed by atoms with van der Waals surface area (Å²) in [4.78, 5) is 0. The van der Waals surface area contributed by atoms with Gasteiger partial charge in [-0.3, -0.25) is 0 Å². The first kappa shape index (κ1) is 9.25. The van der Waals surface area contributed by atoms with Gasteiger partial charge in [-0.25, -0.2) is 8.97 Å². The van der Waals surface area contributed by atoms with Gasteiger partial charge in [-0.05, 0) is 12.1 Å². The summed E-state index contributed by atoms with van der Waals surface area (Å²) in [5.41, 5.74) is 2.66. The fraction of sp³-hybridized carbons (Fsp3) is 0.417. The van der Waals surface area contributed by atoms with Gasteiger partial charge in [0.25, 0.3) is 5.82 Å². The van der Waals surface area contributed by atoms with Crippen molar-refractivity contribution in [1.29, 1.82) is 0 Å². The molecular formula is C12H17N2+. The number of aryl methyl sites for hydroxylation is 2. The fourth-order valence-electron chi connectivity index (χ4n) is 1.88. The van der Waals surface area contributed by atoms with Crippen LogP contribution in [0.4, 0.5) is 0 Å². The van der Waals surface area contributed by atoms with E-state index < -0.39 is 0 Å². The predicted octanol–water partition coefficient (Wildman–Crippen LogP) is 2.20. The second-order valence-electron chi connectivity index (χ2n) is 4.15. The molecule has 0 bridgehead atoms. The summed E-state index contributed by atoms with van der Waals surface area (Å²) >= 11 is 0. The van der Waals surface area contributed by atoms with Crippen LogP contribution < -0.4 is 4.57 Å². The van der Waals surface area contributed by atoms with E-state index in [-0.39, 0.29) is 0 Å². The number of hydrogen-bond donors (Lipinski definition) is 0. The van der Waals surface area contributed by atoms with Crippen LogP contribution in [0.5, 0.6) is 0 Å². The van der Waals surface area contributed by atoms with E-state index in [4.69, 9.17) is 0 Å². The van der Waals surface area contributed by atoms with Gasteiger partial charge in [0.05, 0.1) is 13.2 Å². The SMILES string of the molecule is Cc1n2c(C(C)C)ccc2cc[n+]1C. The molecule has 0 radical (unpaired) electrons. The maximum Gasteiger partial charge on any atom is 0.258 e. The van der Waals surface area contributed by atoms with Crippen LogP contribution in [-0.4, -0.2) is 4.40 Å². The van der Waals surface area contributed by atoms with Crippen molar-refractivity contribution in [3.05, 3.63) is 35.9 Å². The summed E-state index contributed by atoms with van der Waals surface area (Å²) in [5.74, 6) is 1.84. The van der Waals surface area contributed by atoms with Gasteiger partial charge in [0.2, 0.25) is 0 Å². The smallest absolute Gasteiger partial charge is 0.240 e. The highest BCUT2D eigenvalue weighted by atomic mass is 15.1. The van der Waals surface area contributed by atoms with Crippen LogP contribution in [0.15, 0.2) is 24.4 Å². The van der Waals surface area contributed by atoms with Gasteiger partial charge in [0.15, 0.2) is 0 Å². The van der Waals surface area contributed by atoms with Crippen LogP contribution in [0, 0.1) is 6.92 Å². The Balaban J connectivity index is 2.82. The third-order valence-corrected chi connectivity index (χ3v) is 2.84. The zero-order valence-electron chi connectivity index (χ0n) is 9.28. The van der Waals surface area contributed by atoms with E-state index in [1.165, 1.54) is 17.0 Å². The summed E-state index contributed by atoms with van der Waals surface area (Å²) in [7, 11) is 2.08. The van der Waals surface area contributed by atoms with E-state index >= 15 is 0 Å². The minimum Gasteiger partial charge on any atom is -0.240 e. The van der Waals surface area contributed by atoms with Crippen molar-refractivity contribution in [2.24, 2.45) is 7.05 Å². The van der Waals surface area contributed by atoms with Crippen molar-refractivity contribution in [2.45, 2.75) is 26.7 Å². The quantitative estimate of drug-likeness (QED) is 0.608. The topological polar surface area (TPSA) is 8.29 Å². The van der Waals surface area contributed by atoms with Gasteiger partial charge in [-0.15, -0.1) is 0 Å². The maximum absolute atomic E-state index is 2.32. The van der Waals surface area contributed by atoms with Crippen LogP contribution in [0.25, 0.3) is 5.52 Å². The number of hydrogen-bond acceptors (Lipinski definition) is 0. The van der Waals surface area contributed by atoms with Gasteiger partial charge < -0.3 is 0 Å². The lowest BCUT2D eigenvalue weighted by atomic mass is 10.1. The van der Waals surface area contributed by atoms with Gasteiger partial charge >= 0.3 is 0 Å². The number of rotatable bonds is 1. The largest absolute Gasteiger partial charge is 0.258 e. The van der Waals surface area contributed by atoms with Crippen molar-refractivity contribution < 1.29 is 4.57 Å². The molecule has 0 aliphatic rings. The lowest BCUT2D eigenvalue weighted by molar-refractivity contribution is -0.681. The van der Waals surface area contributed by atoms with Gasteiger partial charge in [0.1, 0.15) is 11.2 Å². The first-order valence-corrected chi connectivity index (χ1v) is 5.08. The molecule has 0 aliphatic heterocycles. The molecule has 0 aliphatic carbocycles. The van der Waals surface area contributed by atoms with Gasteiger partial charge in [0, 0.05) is 18.9 Å². The van der Waals surface area contributed by atoms with Crippen LogP contribution in [-0.2, 0) is 7.05 Å². The predicted molar refractivity (Wildman–Crippen MR) is 57.4 cm³/mol. The molecule has 0 saturated heterocycles. The summed E-state index contributed by atoms with van der Waals surface area (Å²) in [6, 6.07) is 6.55. The normalized spacial score (nSPS) is 11.5. The molecule has 0 aromatic carbocycles. The Kier molecular flexibility index (Phi) is 2.06. The first-order chi connectivity index (χ1) is 6.61. The Hall–Kier alpha value is -1.31. The standard InChI is InChI=1S/C12H17N2/c1-9(2)12-6-5-11-7-8-13(4)10(3)14(11)12/h5-9H,1-4H3/q+1. The van der Waals surface area contributed by atoms with Crippen molar-refractivity contribution in [3.8, 4) is 0 Å². The van der Waals surface area contributed by atoms with Crippen molar-refractivity contribution in [3.63, 3.8) is 0 Å². The number of fused-ring (bicyclic) bond motifs is 1. The van der Waals surface area contributed by atoms with Crippen molar-refractivity contribution >= 4 is 5.52 Å². The zero-order chi connectivity index (χ0) is 10.3. The molecule has 2 heteroatoms. The Morgan fingerprint density at radius 1 is 1.21 bits per heavy atom. The minimum atomic E-state index is 0.568.